The largest absolute Gasteiger partial charge is 2.00 e. The quantitative estimate of drug-likeness (QED) is 0.0220. The van der Waals surface area contributed by atoms with Gasteiger partial charge < -0.3 is 47.9 Å². The van der Waals surface area contributed by atoms with E-state index in [0.29, 0.717) is 95.9 Å². The third kappa shape index (κ3) is 44.4. The van der Waals surface area contributed by atoms with Gasteiger partial charge in [-0.25, -0.2) is 9.97 Å². The van der Waals surface area contributed by atoms with Gasteiger partial charge in [0.25, 0.3) is 0 Å². The van der Waals surface area contributed by atoms with Gasteiger partial charge in [-0.15, -0.1) is 22.1 Å². The summed E-state index contributed by atoms with van der Waals surface area (Å²) in [5.74, 6) is -4.68. The van der Waals surface area contributed by atoms with E-state index in [1.165, 1.54) is 0 Å². The number of carbonyl (C=O) groups excluding carboxylic acids is 8. The van der Waals surface area contributed by atoms with E-state index in [1.807, 2.05) is 0 Å². The first kappa shape index (κ1) is 106. The van der Waals surface area contributed by atoms with E-state index in [-0.39, 0.29) is 169 Å². The number of nitrogens with zero attached hydrogens (tertiary/aromatic N) is 4. The Morgan fingerprint density at radius 1 is 0.207 bits per heavy atom. The predicted molar refractivity (Wildman–Crippen MR) is 481 cm³/mol. The molecule has 0 fully saturated rings. The minimum Gasteiger partial charge on any atom is -0.657 e. The molecule has 2 aliphatic heterocycles. The van der Waals surface area contributed by atoms with Crippen molar-refractivity contribution in [3.8, 4) is 0 Å². The minimum atomic E-state index is -0.585. The van der Waals surface area contributed by atoms with Crippen LogP contribution in [-0.4, -0.2) is 111 Å². The number of ether oxygens (including phenoxy) is 8. The van der Waals surface area contributed by atoms with E-state index in [0.717, 1.165) is 257 Å². The molecule has 3 aromatic rings. The second-order valence-electron chi connectivity index (χ2n) is 33.3. The standard InChI is InChI=1S/C100H156N4O16.Zn/c1-9-17-25-33-41-49-57-113-93(105)65-77-78(66-94(106)114-58-50-42-34-26-18-10-2)86-74-88-81(69-97(109)117-61-53-45-37-29-21-13-5)82(70-98(110)118-62-54-46-38-30-22-14-6)90(103-88)76-92-84(72-100(112)120-64-56-48-40-32-24-16-8)83(71-99(111)119-63-55-47-39-31-23-15-7)91(104-92)75-89-80(68-96(108)116-60-52-44-36-28-20-12-4)79(87(102-89)73-85(77)101-86)67-95(107)115-59-51-43-35-27-19-11-3;/h73-76H,9-72H2,1-8H3;/q-2;+2. The maximum absolute atomic E-state index is 14.8. The smallest absolute Gasteiger partial charge is 0.657 e. The van der Waals surface area contributed by atoms with Crippen LogP contribution in [0.4, 0.5) is 0 Å². The first-order chi connectivity index (χ1) is 58.6. The van der Waals surface area contributed by atoms with Crippen LogP contribution in [0.25, 0.3) is 44.4 Å². The molecule has 0 atom stereocenters. The first-order valence-corrected chi connectivity index (χ1v) is 48.0. The number of hydrogen-bond acceptors (Lipinski definition) is 18. The summed E-state index contributed by atoms with van der Waals surface area (Å²) >= 11 is 0. The number of aromatic nitrogens is 4. The molecule has 20 nitrogen and oxygen atoms in total. The van der Waals surface area contributed by atoms with Gasteiger partial charge in [-0.2, -0.15) is 0 Å². The molecule has 0 unspecified atom stereocenters. The van der Waals surface area contributed by atoms with Crippen molar-refractivity contribution in [2.75, 3.05) is 52.9 Å². The normalized spacial score (nSPS) is 11.9. The molecular formula is C100H156N4O16Zn. The molecule has 0 amide bonds. The minimum absolute atomic E-state index is 0. The summed E-state index contributed by atoms with van der Waals surface area (Å²) in [6.45, 7) is 18.5. The van der Waals surface area contributed by atoms with Crippen LogP contribution in [0.1, 0.15) is 434 Å². The maximum atomic E-state index is 14.8. The van der Waals surface area contributed by atoms with Crippen LogP contribution < -0.4 is 9.97 Å². The van der Waals surface area contributed by atoms with Crippen molar-refractivity contribution < 1.29 is 95.7 Å². The van der Waals surface area contributed by atoms with Crippen LogP contribution in [0.5, 0.6) is 0 Å². The number of rotatable bonds is 72. The zero-order chi connectivity index (χ0) is 86.4. The molecular weight excluding hydrogens is 1580 g/mol. The van der Waals surface area contributed by atoms with E-state index in [4.69, 9.17) is 57.8 Å². The second-order valence-corrected chi connectivity index (χ2v) is 33.3. The van der Waals surface area contributed by atoms with Crippen molar-refractivity contribution >= 4 is 92.1 Å². The van der Waals surface area contributed by atoms with Crippen molar-refractivity contribution in [1.82, 2.24) is 19.9 Å². The molecule has 0 saturated heterocycles. The number of carbonyl (C=O) groups is 8. The van der Waals surface area contributed by atoms with E-state index in [1.54, 1.807) is 24.3 Å². The van der Waals surface area contributed by atoms with E-state index < -0.39 is 47.8 Å². The summed E-state index contributed by atoms with van der Waals surface area (Å²) in [7, 11) is 0. The van der Waals surface area contributed by atoms with Gasteiger partial charge in [-0.05, 0) is 102 Å². The van der Waals surface area contributed by atoms with Gasteiger partial charge >= 0.3 is 67.2 Å². The molecule has 0 aromatic carbocycles. The first-order valence-electron chi connectivity index (χ1n) is 48.0. The summed E-state index contributed by atoms with van der Waals surface area (Å²) < 4.78 is 48.7. The molecule has 2 aliphatic rings. The van der Waals surface area contributed by atoms with Crippen molar-refractivity contribution in [1.29, 1.82) is 0 Å². The molecule has 674 valence electrons. The Bertz CT molecular complexity index is 3490. The molecule has 0 spiro atoms. The number of unbranched alkanes of at least 4 members (excludes halogenated alkanes) is 40. The Hall–Kier alpha value is -7.02. The fourth-order valence-electron chi connectivity index (χ4n) is 15.5. The molecule has 0 aliphatic carbocycles. The Morgan fingerprint density at radius 3 is 0.537 bits per heavy atom. The van der Waals surface area contributed by atoms with Crippen LogP contribution in [0.2, 0.25) is 0 Å². The van der Waals surface area contributed by atoms with Gasteiger partial charge in [-0.3, -0.25) is 38.4 Å². The summed E-state index contributed by atoms with van der Waals surface area (Å²) in [5.41, 5.74) is 3.79. The Morgan fingerprint density at radius 2 is 0.355 bits per heavy atom. The third-order valence-corrected chi connectivity index (χ3v) is 22.6. The van der Waals surface area contributed by atoms with E-state index >= 15 is 0 Å². The van der Waals surface area contributed by atoms with Crippen LogP contribution in [0, 0.1) is 0 Å². The Balaban J connectivity index is 0.0000308. The maximum Gasteiger partial charge on any atom is 2.00 e. The van der Waals surface area contributed by atoms with Crippen molar-refractivity contribution in [2.45, 2.75) is 415 Å². The van der Waals surface area contributed by atoms with Gasteiger partial charge in [0.2, 0.25) is 0 Å². The fourth-order valence-corrected chi connectivity index (χ4v) is 15.5. The number of esters is 8. The monoisotopic (exact) mass is 1730 g/mol. The van der Waals surface area contributed by atoms with Gasteiger partial charge in [0.1, 0.15) is 0 Å². The molecule has 5 rings (SSSR count). The van der Waals surface area contributed by atoms with Gasteiger partial charge in [0.15, 0.2) is 0 Å². The van der Waals surface area contributed by atoms with Gasteiger partial charge in [0.05, 0.1) is 127 Å². The zero-order valence-corrected chi connectivity index (χ0v) is 79.6. The zero-order valence-electron chi connectivity index (χ0n) is 76.6. The van der Waals surface area contributed by atoms with Gasteiger partial charge in [-0.1, -0.05) is 330 Å². The summed E-state index contributed by atoms with van der Waals surface area (Å²) in [6.07, 6.45) is 42.9. The van der Waals surface area contributed by atoms with E-state index in [9.17, 15) is 38.4 Å². The average Bonchev–Trinajstić information content (AvgIpc) is 1.61. The molecule has 0 N–H and O–H groups in total. The van der Waals surface area contributed by atoms with Crippen molar-refractivity contribution in [3.05, 3.63) is 69.3 Å². The molecule has 121 heavy (non-hydrogen) atoms. The van der Waals surface area contributed by atoms with Crippen LogP contribution in [0.15, 0.2) is 24.3 Å². The molecule has 5 heterocycles. The molecule has 8 bridgehead atoms. The SMILES string of the molecule is CCCCCCCCOC(=O)CC1=C(CC(=O)OCCCCCCCC)c2cc3[n-]c(cc4[n-]c(cc5nc(cc1n2)C(CC(=O)OCCCCCCCC)=C5CC(=O)OCCCCCCCC)c(CC(=O)OCCCCCCCC)c4CC(=O)OCCCCCCCC)c(CC(=O)OCCCCCCCC)c3CC(=O)OCCCCCCCC.[Zn+2]. The Labute approximate surface area is 740 Å². The third-order valence-electron chi connectivity index (χ3n) is 22.6. The van der Waals surface area contributed by atoms with Crippen molar-refractivity contribution in [2.24, 2.45) is 0 Å². The molecule has 21 heteroatoms. The summed E-state index contributed by atoms with van der Waals surface area (Å²) in [4.78, 5) is 140. The Kier molecular flexibility index (Phi) is 59.2. The van der Waals surface area contributed by atoms with Crippen molar-refractivity contribution in [3.63, 3.8) is 0 Å². The fraction of sp³-hybridized carbons (Fsp3) is 0.720. The predicted octanol–water partition coefficient (Wildman–Crippen LogP) is 24.4. The molecule has 3 aromatic heterocycles. The summed E-state index contributed by atoms with van der Waals surface area (Å²) in [5, 5.41) is 0. The molecule has 0 radical (unpaired) electrons. The second kappa shape index (κ2) is 67.4. The van der Waals surface area contributed by atoms with E-state index in [2.05, 4.69) is 55.4 Å². The topological polar surface area (TPSA) is 264 Å². The van der Waals surface area contributed by atoms with Gasteiger partial charge in [0, 0.05) is 0 Å². The van der Waals surface area contributed by atoms with Crippen LogP contribution >= 0.6 is 0 Å². The summed E-state index contributed by atoms with van der Waals surface area (Å²) in [6, 6.07) is 6.62. The average molecular weight is 1740 g/mol. The van der Waals surface area contributed by atoms with Crippen LogP contribution in [0.3, 0.4) is 0 Å². The number of hydrogen-bond donors (Lipinski definition) is 0. The number of fused-ring (bicyclic) bond motifs is 8. The van der Waals surface area contributed by atoms with Crippen LogP contribution in [-0.2, 0) is 121 Å². The molecule has 0 saturated carbocycles.